The molecule has 0 radical (unpaired) electrons. The highest BCUT2D eigenvalue weighted by atomic mass is 19.1. The standard InChI is InChI=1S/C16H25FN2O2/c1-3-5-6-12(4-2)10-21-11-16(20)19-15-8-7-13(17)9-14(15)18/h7-9,12H,3-6,10-11,18H2,1-2H3,(H,19,20). The van der Waals surface area contributed by atoms with Crippen LogP contribution in [0.5, 0.6) is 0 Å². The molecule has 21 heavy (non-hydrogen) atoms. The van der Waals surface area contributed by atoms with Crippen molar-refractivity contribution in [1.29, 1.82) is 0 Å². The van der Waals surface area contributed by atoms with Gasteiger partial charge in [0.05, 0.1) is 18.0 Å². The lowest BCUT2D eigenvalue weighted by Crippen LogP contribution is -2.21. The zero-order valence-electron chi connectivity index (χ0n) is 12.8. The first kappa shape index (κ1) is 17.4. The monoisotopic (exact) mass is 296 g/mol. The van der Waals surface area contributed by atoms with Crippen molar-refractivity contribution in [3.05, 3.63) is 24.0 Å². The molecule has 0 heterocycles. The van der Waals surface area contributed by atoms with E-state index in [-0.39, 0.29) is 18.2 Å². The number of nitrogens with two attached hydrogens (primary N) is 1. The maximum atomic E-state index is 12.9. The van der Waals surface area contributed by atoms with Gasteiger partial charge in [0.25, 0.3) is 0 Å². The molecule has 0 aromatic heterocycles. The van der Waals surface area contributed by atoms with Crippen LogP contribution in [0.15, 0.2) is 18.2 Å². The Morgan fingerprint density at radius 2 is 2.19 bits per heavy atom. The second-order valence-electron chi connectivity index (χ2n) is 5.21. The summed E-state index contributed by atoms with van der Waals surface area (Å²) in [6.45, 7) is 4.86. The van der Waals surface area contributed by atoms with Gasteiger partial charge in [-0.1, -0.05) is 33.1 Å². The number of halogens is 1. The van der Waals surface area contributed by atoms with Crippen molar-refractivity contribution in [2.24, 2.45) is 5.92 Å². The van der Waals surface area contributed by atoms with E-state index in [1.807, 2.05) is 0 Å². The van der Waals surface area contributed by atoms with E-state index in [4.69, 9.17) is 10.5 Å². The van der Waals surface area contributed by atoms with Crippen LogP contribution in [0.4, 0.5) is 15.8 Å². The molecule has 1 amide bonds. The van der Waals surface area contributed by atoms with E-state index < -0.39 is 5.82 Å². The maximum Gasteiger partial charge on any atom is 0.250 e. The van der Waals surface area contributed by atoms with E-state index in [1.165, 1.54) is 31.0 Å². The Hall–Kier alpha value is -1.62. The minimum absolute atomic E-state index is 0.0144. The lowest BCUT2D eigenvalue weighted by molar-refractivity contribution is -0.121. The molecule has 1 atom stereocenters. The van der Waals surface area contributed by atoms with Crippen molar-refractivity contribution in [2.45, 2.75) is 39.5 Å². The molecular formula is C16H25FN2O2. The molecule has 0 saturated carbocycles. The van der Waals surface area contributed by atoms with Gasteiger partial charge in [-0.05, 0) is 30.5 Å². The number of nitrogen functional groups attached to an aromatic ring is 1. The minimum Gasteiger partial charge on any atom is -0.397 e. The largest absolute Gasteiger partial charge is 0.397 e. The Balaban J connectivity index is 2.33. The molecule has 0 fully saturated rings. The van der Waals surface area contributed by atoms with Crippen molar-refractivity contribution >= 4 is 17.3 Å². The van der Waals surface area contributed by atoms with Crippen LogP contribution in [0.25, 0.3) is 0 Å². The molecule has 0 aliphatic heterocycles. The Labute approximate surface area is 125 Å². The third-order valence-corrected chi connectivity index (χ3v) is 3.42. The summed E-state index contributed by atoms with van der Waals surface area (Å²) < 4.78 is 18.4. The number of hydrogen-bond acceptors (Lipinski definition) is 3. The summed E-state index contributed by atoms with van der Waals surface area (Å²) in [4.78, 5) is 11.7. The molecule has 3 N–H and O–H groups in total. The fraction of sp³-hybridized carbons (Fsp3) is 0.562. The van der Waals surface area contributed by atoms with Gasteiger partial charge in [-0.25, -0.2) is 4.39 Å². The second kappa shape index (κ2) is 9.34. The third kappa shape index (κ3) is 6.58. The number of rotatable bonds is 9. The normalized spacial score (nSPS) is 12.1. The number of anilines is 2. The molecule has 5 heteroatoms. The lowest BCUT2D eigenvalue weighted by Gasteiger charge is -2.14. The van der Waals surface area contributed by atoms with Gasteiger partial charge in [-0.2, -0.15) is 0 Å². The summed E-state index contributed by atoms with van der Waals surface area (Å²) in [6.07, 6.45) is 4.52. The van der Waals surface area contributed by atoms with E-state index in [0.717, 1.165) is 12.8 Å². The van der Waals surface area contributed by atoms with Crippen molar-refractivity contribution in [3.63, 3.8) is 0 Å². The summed E-state index contributed by atoms with van der Waals surface area (Å²) in [7, 11) is 0. The first-order valence-corrected chi connectivity index (χ1v) is 7.49. The van der Waals surface area contributed by atoms with E-state index in [0.29, 0.717) is 18.2 Å². The second-order valence-corrected chi connectivity index (χ2v) is 5.21. The molecular weight excluding hydrogens is 271 g/mol. The summed E-state index contributed by atoms with van der Waals surface area (Å²) in [5.41, 5.74) is 6.24. The first-order valence-electron chi connectivity index (χ1n) is 7.49. The molecule has 0 spiro atoms. The van der Waals surface area contributed by atoms with Gasteiger partial charge in [-0.15, -0.1) is 0 Å². The first-order chi connectivity index (χ1) is 10.1. The molecule has 0 bridgehead atoms. The zero-order chi connectivity index (χ0) is 15.7. The Morgan fingerprint density at radius 3 is 2.81 bits per heavy atom. The summed E-state index contributed by atoms with van der Waals surface area (Å²) in [5, 5.41) is 2.62. The highest BCUT2D eigenvalue weighted by molar-refractivity contribution is 5.94. The third-order valence-electron chi connectivity index (χ3n) is 3.42. The number of benzene rings is 1. The Morgan fingerprint density at radius 1 is 1.43 bits per heavy atom. The van der Waals surface area contributed by atoms with Crippen LogP contribution in [-0.2, 0) is 9.53 Å². The van der Waals surface area contributed by atoms with Gasteiger partial charge in [0, 0.05) is 0 Å². The van der Waals surface area contributed by atoms with E-state index in [1.54, 1.807) is 0 Å². The topological polar surface area (TPSA) is 64.3 Å². The van der Waals surface area contributed by atoms with Gasteiger partial charge < -0.3 is 15.8 Å². The molecule has 0 aliphatic rings. The lowest BCUT2D eigenvalue weighted by atomic mass is 10.0. The fourth-order valence-electron chi connectivity index (χ4n) is 2.05. The molecule has 1 rings (SSSR count). The van der Waals surface area contributed by atoms with Gasteiger partial charge in [0.15, 0.2) is 0 Å². The summed E-state index contributed by atoms with van der Waals surface area (Å²) in [5.74, 6) is -0.212. The zero-order valence-corrected chi connectivity index (χ0v) is 12.8. The van der Waals surface area contributed by atoms with Gasteiger partial charge in [0.1, 0.15) is 12.4 Å². The number of ether oxygens (including phenoxy) is 1. The number of nitrogens with one attached hydrogen (secondary N) is 1. The average molecular weight is 296 g/mol. The van der Waals surface area contributed by atoms with E-state index >= 15 is 0 Å². The van der Waals surface area contributed by atoms with Crippen LogP contribution in [0.1, 0.15) is 39.5 Å². The molecule has 0 aliphatic carbocycles. The highest BCUT2D eigenvalue weighted by Gasteiger charge is 2.09. The van der Waals surface area contributed by atoms with E-state index in [9.17, 15) is 9.18 Å². The molecule has 0 saturated heterocycles. The van der Waals surface area contributed by atoms with Crippen LogP contribution < -0.4 is 11.1 Å². The predicted molar refractivity (Wildman–Crippen MR) is 83.6 cm³/mol. The van der Waals surface area contributed by atoms with Crippen molar-refractivity contribution in [3.8, 4) is 0 Å². The average Bonchev–Trinajstić information content (AvgIpc) is 2.45. The quantitative estimate of drug-likeness (QED) is 0.685. The van der Waals surface area contributed by atoms with Gasteiger partial charge >= 0.3 is 0 Å². The summed E-state index contributed by atoms with van der Waals surface area (Å²) >= 11 is 0. The minimum atomic E-state index is -0.427. The van der Waals surface area contributed by atoms with Gasteiger partial charge in [-0.3, -0.25) is 4.79 Å². The smallest absolute Gasteiger partial charge is 0.250 e. The van der Waals surface area contributed by atoms with Crippen LogP contribution in [0, 0.1) is 11.7 Å². The molecule has 118 valence electrons. The molecule has 4 nitrogen and oxygen atoms in total. The maximum absolute atomic E-state index is 12.9. The molecule has 1 unspecified atom stereocenters. The number of carbonyl (C=O) groups excluding carboxylic acids is 1. The predicted octanol–water partition coefficient (Wildman–Crippen LogP) is 3.58. The summed E-state index contributed by atoms with van der Waals surface area (Å²) in [6, 6.07) is 3.87. The Kier molecular flexibility index (Phi) is 7.75. The van der Waals surface area contributed by atoms with E-state index in [2.05, 4.69) is 19.2 Å². The van der Waals surface area contributed by atoms with Crippen LogP contribution in [0.3, 0.4) is 0 Å². The SMILES string of the molecule is CCCCC(CC)COCC(=O)Nc1ccc(F)cc1N. The van der Waals surface area contributed by atoms with Crippen molar-refractivity contribution in [1.82, 2.24) is 0 Å². The van der Waals surface area contributed by atoms with Crippen LogP contribution in [-0.4, -0.2) is 19.1 Å². The fourth-order valence-corrected chi connectivity index (χ4v) is 2.05. The van der Waals surface area contributed by atoms with Crippen LogP contribution >= 0.6 is 0 Å². The van der Waals surface area contributed by atoms with Crippen molar-refractivity contribution in [2.75, 3.05) is 24.3 Å². The molecule has 1 aromatic rings. The van der Waals surface area contributed by atoms with Crippen LogP contribution in [0.2, 0.25) is 0 Å². The number of amides is 1. The highest BCUT2D eigenvalue weighted by Crippen LogP contribution is 2.19. The number of carbonyl (C=O) groups is 1. The van der Waals surface area contributed by atoms with Crippen molar-refractivity contribution < 1.29 is 13.9 Å². The number of hydrogen-bond donors (Lipinski definition) is 2. The van der Waals surface area contributed by atoms with Gasteiger partial charge in [0.2, 0.25) is 5.91 Å². The molecule has 1 aromatic carbocycles. The number of unbranched alkanes of at least 4 members (excludes halogenated alkanes) is 1. The Bertz CT molecular complexity index is 452.